The minimum Gasteiger partial charge on any atom is -0.508 e. The quantitative estimate of drug-likeness (QED) is 0.428. The second-order valence-corrected chi connectivity index (χ2v) is 8.52. The van der Waals surface area contributed by atoms with Gasteiger partial charge in [0.15, 0.2) is 0 Å². The summed E-state index contributed by atoms with van der Waals surface area (Å²) < 4.78 is 5.76. The van der Waals surface area contributed by atoms with Crippen molar-refractivity contribution in [3.63, 3.8) is 0 Å². The molecule has 0 aliphatic heterocycles. The summed E-state index contributed by atoms with van der Waals surface area (Å²) in [7, 11) is 0. The number of aromatic hydroxyl groups is 1. The number of aliphatic hydroxyl groups is 1. The number of aliphatic hydroxyl groups excluding tert-OH is 1. The summed E-state index contributed by atoms with van der Waals surface area (Å²) in [4.78, 5) is 12.4. The third kappa shape index (κ3) is 7.35. The van der Waals surface area contributed by atoms with Crippen molar-refractivity contribution in [3.05, 3.63) is 59.7 Å². The lowest BCUT2D eigenvalue weighted by Crippen LogP contribution is -2.29. The van der Waals surface area contributed by atoms with Gasteiger partial charge in [0.05, 0.1) is 6.10 Å². The molecule has 0 heterocycles. The van der Waals surface area contributed by atoms with Gasteiger partial charge in [-0.25, -0.2) is 4.79 Å². The third-order valence-electron chi connectivity index (χ3n) is 5.09. The minimum absolute atomic E-state index is 0.182. The van der Waals surface area contributed by atoms with Crippen molar-refractivity contribution in [2.75, 3.05) is 0 Å². The van der Waals surface area contributed by atoms with E-state index in [-0.39, 0.29) is 23.2 Å². The zero-order chi connectivity index (χ0) is 20.7. The lowest BCUT2D eigenvalue weighted by atomic mass is 9.79. The fourth-order valence-corrected chi connectivity index (χ4v) is 3.59. The summed E-state index contributed by atoms with van der Waals surface area (Å²) in [6.07, 6.45) is 8.01. The van der Waals surface area contributed by atoms with Gasteiger partial charge >= 0.3 is 5.97 Å². The molecule has 2 atom stereocenters. The molecule has 0 amide bonds. The molecule has 0 bridgehead atoms. The second-order valence-electron chi connectivity index (χ2n) is 8.52. The van der Waals surface area contributed by atoms with Crippen molar-refractivity contribution in [3.8, 4) is 5.75 Å². The zero-order valence-corrected chi connectivity index (χ0v) is 17.1. The van der Waals surface area contributed by atoms with Crippen LogP contribution in [-0.4, -0.2) is 28.4 Å². The maximum Gasteiger partial charge on any atom is 0.331 e. The van der Waals surface area contributed by atoms with Gasteiger partial charge in [-0.15, -0.1) is 0 Å². The van der Waals surface area contributed by atoms with Gasteiger partial charge in [-0.3, -0.25) is 0 Å². The second kappa shape index (κ2) is 9.74. The van der Waals surface area contributed by atoms with E-state index < -0.39 is 6.10 Å². The van der Waals surface area contributed by atoms with Gasteiger partial charge in [-0.05, 0) is 67.4 Å². The van der Waals surface area contributed by atoms with E-state index in [1.807, 2.05) is 0 Å². The van der Waals surface area contributed by atoms with Crippen molar-refractivity contribution < 1.29 is 19.7 Å². The summed E-state index contributed by atoms with van der Waals surface area (Å²) in [5.41, 5.74) is 2.68. The highest BCUT2D eigenvalue weighted by Crippen LogP contribution is 2.34. The van der Waals surface area contributed by atoms with Crippen molar-refractivity contribution in [1.29, 1.82) is 0 Å². The fourth-order valence-electron chi connectivity index (χ4n) is 3.59. The summed E-state index contributed by atoms with van der Waals surface area (Å²) >= 11 is 0. The number of esters is 1. The smallest absolute Gasteiger partial charge is 0.331 e. The lowest BCUT2D eigenvalue weighted by molar-refractivity contribution is -0.144. The Hall–Kier alpha value is -2.33. The standard InChI is InChI=1S/C24H32O4/c1-17-6-5-7-18(2)22(26)16-24(3,4)15-21(14-17)28-23(27)13-10-19-8-11-20(25)12-9-19/h6,8-13,21-22,25-26H,2,5,7,14-16H2,1,3-4H3. The maximum atomic E-state index is 12.4. The van der Waals surface area contributed by atoms with Crippen LogP contribution in [0.4, 0.5) is 0 Å². The molecule has 0 radical (unpaired) electrons. The number of carbonyl (C=O) groups excluding carboxylic acids is 1. The molecule has 0 fully saturated rings. The number of allylic oxidation sites excluding steroid dienone is 1. The molecule has 1 aliphatic rings. The van der Waals surface area contributed by atoms with Crippen LogP contribution >= 0.6 is 0 Å². The predicted octanol–water partition coefficient (Wildman–Crippen LogP) is 5.17. The Morgan fingerprint density at radius 1 is 1.25 bits per heavy atom. The lowest BCUT2D eigenvalue weighted by Gasteiger charge is -2.31. The van der Waals surface area contributed by atoms with Crippen molar-refractivity contribution >= 4 is 12.0 Å². The van der Waals surface area contributed by atoms with Crippen LogP contribution in [0, 0.1) is 5.41 Å². The number of phenols is 1. The molecular formula is C24H32O4. The van der Waals surface area contributed by atoms with E-state index in [9.17, 15) is 15.0 Å². The van der Waals surface area contributed by atoms with Crippen LogP contribution in [0.25, 0.3) is 6.08 Å². The summed E-state index contributed by atoms with van der Waals surface area (Å²) in [6.45, 7) is 10.3. The van der Waals surface area contributed by atoms with Crippen molar-refractivity contribution in [2.24, 2.45) is 5.41 Å². The number of rotatable bonds is 3. The molecule has 4 heteroatoms. The molecule has 0 aromatic heterocycles. The fraction of sp³-hybridized carbons (Fsp3) is 0.458. The SMILES string of the molecule is C=C1CCC=C(C)CC(OC(=O)C=Cc2ccc(O)cc2)CC(C)(C)CC1O. The summed E-state index contributed by atoms with van der Waals surface area (Å²) in [5, 5.41) is 19.8. The Morgan fingerprint density at radius 3 is 2.61 bits per heavy atom. The van der Waals surface area contributed by atoms with E-state index >= 15 is 0 Å². The van der Waals surface area contributed by atoms with Crippen molar-refractivity contribution in [2.45, 2.75) is 65.1 Å². The molecular weight excluding hydrogens is 352 g/mol. The molecule has 2 rings (SSSR count). The average Bonchev–Trinajstić information content (AvgIpc) is 2.60. The first kappa shape index (κ1) is 22.0. The Morgan fingerprint density at radius 2 is 1.93 bits per heavy atom. The minimum atomic E-state index is -0.535. The van der Waals surface area contributed by atoms with E-state index in [2.05, 4.69) is 33.4 Å². The normalized spacial score (nSPS) is 23.7. The number of carbonyl (C=O) groups is 1. The van der Waals surface area contributed by atoms with Crippen LogP contribution in [0.2, 0.25) is 0 Å². The average molecular weight is 385 g/mol. The molecule has 2 N–H and O–H groups in total. The number of hydrogen-bond acceptors (Lipinski definition) is 4. The van der Waals surface area contributed by atoms with E-state index in [0.717, 1.165) is 24.0 Å². The highest BCUT2D eigenvalue weighted by Gasteiger charge is 2.29. The largest absolute Gasteiger partial charge is 0.508 e. The predicted molar refractivity (Wildman–Crippen MR) is 113 cm³/mol. The third-order valence-corrected chi connectivity index (χ3v) is 5.09. The summed E-state index contributed by atoms with van der Waals surface area (Å²) in [6, 6.07) is 6.61. The van der Waals surface area contributed by atoms with Crippen LogP contribution in [0.1, 0.15) is 58.4 Å². The van der Waals surface area contributed by atoms with Gasteiger partial charge in [-0.2, -0.15) is 0 Å². The van der Waals surface area contributed by atoms with Crippen molar-refractivity contribution in [1.82, 2.24) is 0 Å². The molecule has 1 aliphatic carbocycles. The Labute approximate surface area is 168 Å². The van der Waals surface area contributed by atoms with E-state index in [4.69, 9.17) is 4.74 Å². The molecule has 2 unspecified atom stereocenters. The Kier molecular flexibility index (Phi) is 7.64. The molecule has 28 heavy (non-hydrogen) atoms. The first-order valence-electron chi connectivity index (χ1n) is 9.84. The molecule has 4 nitrogen and oxygen atoms in total. The monoisotopic (exact) mass is 384 g/mol. The molecule has 152 valence electrons. The van der Waals surface area contributed by atoms with Crippen LogP contribution in [0.5, 0.6) is 5.75 Å². The van der Waals surface area contributed by atoms with E-state index in [1.165, 1.54) is 11.6 Å². The van der Waals surface area contributed by atoms with Crippen LogP contribution in [-0.2, 0) is 9.53 Å². The number of phenolic OH excluding ortho intramolecular Hbond substituents is 1. The topological polar surface area (TPSA) is 66.8 Å². The van der Waals surface area contributed by atoms with Gasteiger partial charge in [0.25, 0.3) is 0 Å². The van der Waals surface area contributed by atoms with Gasteiger partial charge in [0, 0.05) is 12.5 Å². The first-order chi connectivity index (χ1) is 13.1. The van der Waals surface area contributed by atoms with Crippen LogP contribution in [0.15, 0.2) is 54.1 Å². The van der Waals surface area contributed by atoms with Crippen LogP contribution in [0.3, 0.4) is 0 Å². The van der Waals surface area contributed by atoms with E-state index in [0.29, 0.717) is 19.3 Å². The van der Waals surface area contributed by atoms with Gasteiger partial charge in [-0.1, -0.05) is 44.2 Å². The van der Waals surface area contributed by atoms with Gasteiger partial charge < -0.3 is 14.9 Å². The molecule has 0 spiro atoms. The molecule has 1 aromatic rings. The first-order valence-corrected chi connectivity index (χ1v) is 9.84. The van der Waals surface area contributed by atoms with Crippen LogP contribution < -0.4 is 0 Å². The summed E-state index contributed by atoms with van der Waals surface area (Å²) in [5.74, 6) is -0.201. The Bertz CT molecular complexity index is 740. The number of hydrogen-bond donors (Lipinski definition) is 2. The number of ether oxygens (including phenoxy) is 1. The molecule has 1 aromatic carbocycles. The molecule has 0 saturated carbocycles. The molecule has 0 saturated heterocycles. The highest BCUT2D eigenvalue weighted by atomic mass is 16.5. The maximum absolute atomic E-state index is 12.4. The Balaban J connectivity index is 2.09. The van der Waals surface area contributed by atoms with Gasteiger partial charge in [0.1, 0.15) is 11.9 Å². The van der Waals surface area contributed by atoms with E-state index in [1.54, 1.807) is 30.3 Å². The zero-order valence-electron chi connectivity index (χ0n) is 17.1. The number of benzene rings is 1. The van der Waals surface area contributed by atoms with Gasteiger partial charge in [0.2, 0.25) is 0 Å². The highest BCUT2D eigenvalue weighted by molar-refractivity contribution is 5.87.